The standard InChI is InChI=1S/C18H14ClNO3/c1-2-22-18(21)14-11-20-17(19)10-16(14)23-15-9-5-7-12-6-3-4-8-13(12)15/h3-11H,2H2,1H3. The van der Waals surface area contributed by atoms with Gasteiger partial charge in [0.25, 0.3) is 0 Å². The van der Waals surface area contributed by atoms with Crippen LogP contribution in [0.15, 0.2) is 54.7 Å². The van der Waals surface area contributed by atoms with Gasteiger partial charge in [0.1, 0.15) is 22.2 Å². The largest absolute Gasteiger partial charge is 0.462 e. The lowest BCUT2D eigenvalue weighted by Gasteiger charge is -2.12. The smallest absolute Gasteiger partial charge is 0.343 e. The Hall–Kier alpha value is -2.59. The molecule has 116 valence electrons. The number of rotatable bonds is 4. The van der Waals surface area contributed by atoms with Crippen LogP contribution >= 0.6 is 11.6 Å². The van der Waals surface area contributed by atoms with Crippen molar-refractivity contribution in [3.8, 4) is 11.5 Å². The number of hydrogen-bond donors (Lipinski definition) is 0. The zero-order valence-electron chi connectivity index (χ0n) is 12.5. The Balaban J connectivity index is 2.05. The van der Waals surface area contributed by atoms with Gasteiger partial charge < -0.3 is 9.47 Å². The minimum absolute atomic E-state index is 0.240. The van der Waals surface area contributed by atoms with E-state index in [-0.39, 0.29) is 17.3 Å². The molecule has 0 N–H and O–H groups in total. The summed E-state index contributed by atoms with van der Waals surface area (Å²) in [5.41, 5.74) is 0.240. The average molecular weight is 328 g/mol. The highest BCUT2D eigenvalue weighted by molar-refractivity contribution is 6.29. The third-order valence-electron chi connectivity index (χ3n) is 3.30. The van der Waals surface area contributed by atoms with E-state index >= 15 is 0 Å². The highest BCUT2D eigenvalue weighted by Gasteiger charge is 2.16. The number of pyridine rings is 1. The van der Waals surface area contributed by atoms with Crippen molar-refractivity contribution in [2.45, 2.75) is 6.92 Å². The fourth-order valence-corrected chi connectivity index (χ4v) is 2.41. The van der Waals surface area contributed by atoms with Gasteiger partial charge >= 0.3 is 5.97 Å². The molecule has 0 bridgehead atoms. The maximum Gasteiger partial charge on any atom is 0.343 e. The molecule has 23 heavy (non-hydrogen) atoms. The van der Waals surface area contributed by atoms with Crippen LogP contribution in [0.25, 0.3) is 10.8 Å². The topological polar surface area (TPSA) is 48.4 Å². The lowest BCUT2D eigenvalue weighted by molar-refractivity contribution is 0.0523. The first-order valence-electron chi connectivity index (χ1n) is 7.17. The molecule has 0 aliphatic heterocycles. The van der Waals surface area contributed by atoms with E-state index in [0.29, 0.717) is 11.5 Å². The molecule has 0 amide bonds. The van der Waals surface area contributed by atoms with Gasteiger partial charge in [-0.25, -0.2) is 9.78 Å². The summed E-state index contributed by atoms with van der Waals surface area (Å²) < 4.78 is 11.0. The van der Waals surface area contributed by atoms with Crippen LogP contribution in [0.5, 0.6) is 11.5 Å². The number of halogens is 1. The van der Waals surface area contributed by atoms with E-state index in [0.717, 1.165) is 10.8 Å². The quantitative estimate of drug-likeness (QED) is 0.507. The summed E-state index contributed by atoms with van der Waals surface area (Å²) in [7, 11) is 0. The molecular weight excluding hydrogens is 314 g/mol. The molecule has 0 fully saturated rings. The normalized spacial score (nSPS) is 10.5. The van der Waals surface area contributed by atoms with Gasteiger partial charge in [0.2, 0.25) is 0 Å². The van der Waals surface area contributed by atoms with Gasteiger partial charge in [-0.2, -0.15) is 0 Å². The zero-order valence-corrected chi connectivity index (χ0v) is 13.2. The van der Waals surface area contributed by atoms with E-state index in [2.05, 4.69) is 4.98 Å². The molecule has 5 heteroatoms. The van der Waals surface area contributed by atoms with E-state index in [9.17, 15) is 4.79 Å². The van der Waals surface area contributed by atoms with Crippen molar-refractivity contribution in [3.05, 3.63) is 65.4 Å². The van der Waals surface area contributed by atoms with Gasteiger partial charge in [0, 0.05) is 17.6 Å². The summed E-state index contributed by atoms with van der Waals surface area (Å²) in [5, 5.41) is 2.23. The van der Waals surface area contributed by atoms with Crippen molar-refractivity contribution < 1.29 is 14.3 Å². The van der Waals surface area contributed by atoms with Crippen LogP contribution in [0.4, 0.5) is 0 Å². The summed E-state index contributed by atoms with van der Waals surface area (Å²) in [6, 6.07) is 15.1. The second-order valence-corrected chi connectivity index (χ2v) is 5.19. The Morgan fingerprint density at radius 1 is 1.13 bits per heavy atom. The third-order valence-corrected chi connectivity index (χ3v) is 3.50. The number of carbonyl (C=O) groups excluding carboxylic acids is 1. The number of nitrogens with zero attached hydrogens (tertiary/aromatic N) is 1. The fraction of sp³-hybridized carbons (Fsp3) is 0.111. The van der Waals surface area contributed by atoms with Crippen LogP contribution in [0.3, 0.4) is 0 Å². The van der Waals surface area contributed by atoms with Crippen LogP contribution in [-0.2, 0) is 4.74 Å². The summed E-state index contributed by atoms with van der Waals surface area (Å²) in [4.78, 5) is 16.0. The molecule has 0 saturated carbocycles. The second-order valence-electron chi connectivity index (χ2n) is 4.80. The highest BCUT2D eigenvalue weighted by Crippen LogP contribution is 2.32. The van der Waals surface area contributed by atoms with Crippen molar-refractivity contribution in [2.24, 2.45) is 0 Å². The van der Waals surface area contributed by atoms with Gasteiger partial charge in [0.05, 0.1) is 6.61 Å². The Morgan fingerprint density at radius 2 is 1.91 bits per heavy atom. The van der Waals surface area contributed by atoms with Crippen LogP contribution in [0.1, 0.15) is 17.3 Å². The zero-order chi connectivity index (χ0) is 16.2. The Labute approximate surface area is 138 Å². The molecule has 0 saturated heterocycles. The lowest BCUT2D eigenvalue weighted by atomic mass is 10.1. The number of esters is 1. The van der Waals surface area contributed by atoms with Gasteiger partial charge in [-0.15, -0.1) is 0 Å². The van der Waals surface area contributed by atoms with Crippen LogP contribution in [0.2, 0.25) is 5.15 Å². The Morgan fingerprint density at radius 3 is 2.74 bits per heavy atom. The van der Waals surface area contributed by atoms with Crippen molar-refractivity contribution >= 4 is 28.3 Å². The first kappa shape index (κ1) is 15.3. The highest BCUT2D eigenvalue weighted by atomic mass is 35.5. The van der Waals surface area contributed by atoms with Crippen molar-refractivity contribution in [3.63, 3.8) is 0 Å². The van der Waals surface area contributed by atoms with Crippen molar-refractivity contribution in [2.75, 3.05) is 6.61 Å². The van der Waals surface area contributed by atoms with E-state index in [1.807, 2.05) is 42.5 Å². The number of hydrogen-bond acceptors (Lipinski definition) is 4. The number of benzene rings is 2. The van der Waals surface area contributed by atoms with Crippen LogP contribution in [0, 0.1) is 0 Å². The van der Waals surface area contributed by atoms with Crippen LogP contribution in [-0.4, -0.2) is 17.6 Å². The fourth-order valence-electron chi connectivity index (χ4n) is 2.26. The van der Waals surface area contributed by atoms with Gasteiger partial charge in [-0.3, -0.25) is 0 Å². The molecular formula is C18H14ClNO3. The van der Waals surface area contributed by atoms with Gasteiger partial charge in [-0.05, 0) is 18.4 Å². The minimum Gasteiger partial charge on any atom is -0.462 e. The Bertz CT molecular complexity index is 859. The van der Waals surface area contributed by atoms with E-state index in [1.165, 1.54) is 12.3 Å². The predicted octanol–water partition coefficient (Wildman–Crippen LogP) is 4.86. The molecule has 1 heterocycles. The maximum atomic E-state index is 12.0. The summed E-state index contributed by atoms with van der Waals surface area (Å²) in [5.74, 6) is 0.461. The monoisotopic (exact) mass is 327 g/mol. The van der Waals surface area contributed by atoms with Crippen molar-refractivity contribution in [1.29, 1.82) is 0 Å². The number of carbonyl (C=O) groups is 1. The molecule has 0 radical (unpaired) electrons. The van der Waals surface area contributed by atoms with Crippen molar-refractivity contribution in [1.82, 2.24) is 4.98 Å². The second kappa shape index (κ2) is 6.67. The first-order valence-corrected chi connectivity index (χ1v) is 7.55. The molecule has 2 aromatic carbocycles. The van der Waals surface area contributed by atoms with E-state index < -0.39 is 5.97 Å². The van der Waals surface area contributed by atoms with Gasteiger partial charge in [0.15, 0.2) is 0 Å². The van der Waals surface area contributed by atoms with E-state index in [1.54, 1.807) is 6.92 Å². The molecule has 1 aromatic heterocycles. The van der Waals surface area contributed by atoms with Gasteiger partial charge in [-0.1, -0.05) is 48.0 Å². The van der Waals surface area contributed by atoms with Crippen LogP contribution < -0.4 is 4.74 Å². The molecule has 0 aliphatic rings. The number of fused-ring (bicyclic) bond motifs is 1. The molecule has 0 atom stereocenters. The number of ether oxygens (including phenoxy) is 2. The molecule has 0 aliphatic carbocycles. The predicted molar refractivity (Wildman–Crippen MR) is 89.2 cm³/mol. The minimum atomic E-state index is -0.494. The SMILES string of the molecule is CCOC(=O)c1cnc(Cl)cc1Oc1cccc2ccccc12. The third kappa shape index (κ3) is 3.27. The molecule has 0 spiro atoms. The molecule has 3 aromatic rings. The Kier molecular flexibility index (Phi) is 4.44. The summed E-state index contributed by atoms with van der Waals surface area (Å²) >= 11 is 5.94. The molecule has 3 rings (SSSR count). The van der Waals surface area contributed by atoms with E-state index in [4.69, 9.17) is 21.1 Å². The summed E-state index contributed by atoms with van der Waals surface area (Å²) in [6.07, 6.45) is 1.36. The maximum absolute atomic E-state index is 12.0. The molecule has 4 nitrogen and oxygen atoms in total. The average Bonchev–Trinajstić information content (AvgIpc) is 2.55. The number of aromatic nitrogens is 1. The lowest BCUT2D eigenvalue weighted by Crippen LogP contribution is -2.07. The molecule has 0 unspecified atom stereocenters. The summed E-state index contributed by atoms with van der Waals surface area (Å²) in [6.45, 7) is 2.02. The first-order chi connectivity index (χ1) is 11.2.